The average molecular weight is 611 g/mol. The van der Waals surface area contributed by atoms with Gasteiger partial charge >= 0.3 is 0 Å². The van der Waals surface area contributed by atoms with Crippen LogP contribution in [0.4, 0.5) is 0 Å². The van der Waals surface area contributed by atoms with Gasteiger partial charge in [0.2, 0.25) is 0 Å². The predicted octanol–water partition coefficient (Wildman–Crippen LogP) is 12.4. The Kier molecular flexibility index (Phi) is 5.91. The molecule has 0 fully saturated rings. The van der Waals surface area contributed by atoms with Crippen molar-refractivity contribution < 1.29 is 0 Å². The van der Waals surface area contributed by atoms with Crippen molar-refractivity contribution in [3.05, 3.63) is 182 Å². The van der Waals surface area contributed by atoms with Gasteiger partial charge in [-0.2, -0.15) is 0 Å². The van der Waals surface area contributed by atoms with Crippen molar-refractivity contribution in [2.45, 2.75) is 0 Å². The van der Waals surface area contributed by atoms with E-state index in [1.165, 1.54) is 82.3 Å². The molecule has 0 amide bonds. The fourth-order valence-electron chi connectivity index (χ4n) is 7.61. The van der Waals surface area contributed by atoms with Crippen molar-refractivity contribution in [2.24, 2.45) is 0 Å². The van der Waals surface area contributed by atoms with Gasteiger partial charge in [0.1, 0.15) is 0 Å². The zero-order chi connectivity index (χ0) is 31.6. The molecule has 0 aliphatic carbocycles. The zero-order valence-electron chi connectivity index (χ0n) is 26.2. The first-order valence-electron chi connectivity index (χ1n) is 16.5. The molecule has 48 heavy (non-hydrogen) atoms. The monoisotopic (exact) mass is 610 g/mol. The molecular weight excluding hydrogens is 581 g/mol. The van der Waals surface area contributed by atoms with Crippen LogP contribution in [-0.4, -0.2) is 9.13 Å². The molecule has 0 saturated heterocycles. The van der Waals surface area contributed by atoms with Crippen LogP contribution in [0.1, 0.15) is 0 Å². The van der Waals surface area contributed by atoms with Crippen LogP contribution >= 0.6 is 0 Å². The molecule has 0 saturated carbocycles. The topological polar surface area (TPSA) is 9.86 Å². The molecule has 224 valence electrons. The van der Waals surface area contributed by atoms with Crippen molar-refractivity contribution in [3.8, 4) is 33.6 Å². The molecule has 0 radical (unpaired) electrons. The first kappa shape index (κ1) is 26.8. The highest BCUT2D eigenvalue weighted by atomic mass is 15.0. The van der Waals surface area contributed by atoms with E-state index in [0.717, 1.165) is 5.69 Å². The summed E-state index contributed by atoms with van der Waals surface area (Å²) in [5, 5.41) is 7.57. The van der Waals surface area contributed by atoms with Crippen LogP contribution in [0, 0.1) is 0 Å². The van der Waals surface area contributed by atoms with Crippen LogP contribution in [0.15, 0.2) is 182 Å². The largest absolute Gasteiger partial charge is 0.309 e. The van der Waals surface area contributed by atoms with E-state index in [2.05, 4.69) is 191 Å². The predicted molar refractivity (Wildman–Crippen MR) is 203 cm³/mol. The molecule has 0 atom stereocenters. The summed E-state index contributed by atoms with van der Waals surface area (Å²) in [6.45, 7) is 0. The summed E-state index contributed by atoms with van der Waals surface area (Å²) in [5.41, 5.74) is 12.1. The second-order valence-corrected chi connectivity index (χ2v) is 12.6. The van der Waals surface area contributed by atoms with E-state index in [-0.39, 0.29) is 0 Å². The van der Waals surface area contributed by atoms with Gasteiger partial charge in [0, 0.05) is 32.9 Å². The van der Waals surface area contributed by atoms with Crippen molar-refractivity contribution in [1.82, 2.24) is 9.13 Å². The Morgan fingerprint density at radius 3 is 1.54 bits per heavy atom. The second kappa shape index (κ2) is 10.6. The van der Waals surface area contributed by atoms with Crippen LogP contribution < -0.4 is 0 Å². The van der Waals surface area contributed by atoms with Gasteiger partial charge < -0.3 is 9.13 Å². The highest BCUT2D eigenvalue weighted by Crippen LogP contribution is 2.38. The van der Waals surface area contributed by atoms with Crippen molar-refractivity contribution in [1.29, 1.82) is 0 Å². The van der Waals surface area contributed by atoms with Crippen LogP contribution in [0.25, 0.3) is 88.0 Å². The Labute approximate surface area is 278 Å². The third-order valence-electron chi connectivity index (χ3n) is 9.90. The molecule has 0 spiro atoms. The van der Waals surface area contributed by atoms with Gasteiger partial charge in [-0.1, -0.05) is 121 Å². The van der Waals surface area contributed by atoms with E-state index in [1.54, 1.807) is 0 Å². The van der Waals surface area contributed by atoms with Crippen LogP contribution in [-0.2, 0) is 0 Å². The van der Waals surface area contributed by atoms with Crippen LogP contribution in [0.5, 0.6) is 0 Å². The molecule has 2 heterocycles. The number of rotatable bonds is 4. The highest BCUT2D eigenvalue weighted by Gasteiger charge is 2.16. The molecule has 8 aromatic carbocycles. The molecular formula is C46H30N2. The molecule has 2 heteroatoms. The summed E-state index contributed by atoms with van der Waals surface area (Å²) in [6, 6.07) is 66.3. The van der Waals surface area contributed by atoms with Gasteiger partial charge in [-0.3, -0.25) is 0 Å². The molecule has 2 aromatic heterocycles. The summed E-state index contributed by atoms with van der Waals surface area (Å²) >= 11 is 0. The minimum absolute atomic E-state index is 1.16. The summed E-state index contributed by atoms with van der Waals surface area (Å²) in [4.78, 5) is 0. The third kappa shape index (κ3) is 4.13. The van der Waals surface area contributed by atoms with Gasteiger partial charge in [-0.15, -0.1) is 0 Å². The van der Waals surface area contributed by atoms with E-state index >= 15 is 0 Å². The number of hydrogen-bond acceptors (Lipinski definition) is 0. The quantitative estimate of drug-likeness (QED) is 0.188. The Morgan fingerprint density at radius 1 is 0.250 bits per heavy atom. The molecule has 0 unspecified atom stereocenters. The number of benzene rings is 8. The molecule has 2 nitrogen and oxygen atoms in total. The Hall–Kier alpha value is -6.38. The van der Waals surface area contributed by atoms with Crippen molar-refractivity contribution in [3.63, 3.8) is 0 Å². The summed E-state index contributed by atoms with van der Waals surface area (Å²) < 4.78 is 4.79. The van der Waals surface area contributed by atoms with Crippen LogP contribution in [0.3, 0.4) is 0 Å². The Bertz CT molecular complexity index is 2820. The van der Waals surface area contributed by atoms with E-state index in [9.17, 15) is 0 Å². The number of fused-ring (bicyclic) bond motifs is 7. The van der Waals surface area contributed by atoms with E-state index in [0.29, 0.717) is 0 Å². The van der Waals surface area contributed by atoms with Gasteiger partial charge in [0.05, 0.1) is 22.1 Å². The maximum Gasteiger partial charge on any atom is 0.0547 e. The standard InChI is InChI=1S/C46H30N2/c1-2-12-37(13-3-1)47-44-17-9-7-15-40(44)42-29-35(23-27-45(42)47)36-22-26-41-39-14-6-8-16-43(39)48(46(41)30-36)38-24-20-32(21-25-38)34-19-18-31-10-4-5-11-33(31)28-34/h1-30H. The van der Waals surface area contributed by atoms with Gasteiger partial charge in [-0.25, -0.2) is 0 Å². The zero-order valence-corrected chi connectivity index (χ0v) is 26.2. The second-order valence-electron chi connectivity index (χ2n) is 12.6. The first-order chi connectivity index (χ1) is 23.8. The molecule has 10 rings (SSSR count). The summed E-state index contributed by atoms with van der Waals surface area (Å²) in [5.74, 6) is 0. The lowest BCUT2D eigenvalue weighted by atomic mass is 10.0. The minimum Gasteiger partial charge on any atom is -0.309 e. The molecule has 0 aliphatic heterocycles. The lowest BCUT2D eigenvalue weighted by molar-refractivity contribution is 1.18. The molecule has 10 aromatic rings. The smallest absolute Gasteiger partial charge is 0.0547 e. The lowest BCUT2D eigenvalue weighted by Crippen LogP contribution is -1.94. The van der Waals surface area contributed by atoms with E-state index < -0.39 is 0 Å². The Morgan fingerprint density at radius 2 is 0.750 bits per heavy atom. The third-order valence-corrected chi connectivity index (χ3v) is 9.90. The maximum absolute atomic E-state index is 2.41. The maximum atomic E-state index is 2.41. The van der Waals surface area contributed by atoms with E-state index in [4.69, 9.17) is 0 Å². The SMILES string of the molecule is c1ccc(-n2c3ccccc3c3cc(-c4ccc5c6ccccc6n(-c6ccc(-c7ccc8ccccc8c7)cc6)c5c4)ccc32)cc1. The minimum atomic E-state index is 1.16. The van der Waals surface area contributed by atoms with E-state index in [1.807, 2.05) is 0 Å². The van der Waals surface area contributed by atoms with Gasteiger partial charge in [0.25, 0.3) is 0 Å². The average Bonchev–Trinajstić information content (AvgIpc) is 3.67. The molecule has 0 N–H and O–H groups in total. The first-order valence-corrected chi connectivity index (χ1v) is 16.5. The Balaban J connectivity index is 1.12. The lowest BCUT2D eigenvalue weighted by Gasteiger charge is -2.11. The molecule has 0 aliphatic rings. The fourth-order valence-corrected chi connectivity index (χ4v) is 7.61. The number of aromatic nitrogens is 2. The highest BCUT2D eigenvalue weighted by molar-refractivity contribution is 6.12. The number of hydrogen-bond donors (Lipinski definition) is 0. The van der Waals surface area contributed by atoms with Crippen molar-refractivity contribution >= 4 is 54.4 Å². The van der Waals surface area contributed by atoms with Gasteiger partial charge in [-0.05, 0) is 93.7 Å². The number of para-hydroxylation sites is 3. The van der Waals surface area contributed by atoms with Gasteiger partial charge in [0.15, 0.2) is 0 Å². The molecule has 0 bridgehead atoms. The number of nitrogens with zero attached hydrogens (tertiary/aromatic N) is 2. The normalized spacial score (nSPS) is 11.8. The van der Waals surface area contributed by atoms with Crippen LogP contribution in [0.2, 0.25) is 0 Å². The van der Waals surface area contributed by atoms with Crippen molar-refractivity contribution in [2.75, 3.05) is 0 Å². The summed E-state index contributed by atoms with van der Waals surface area (Å²) in [6.07, 6.45) is 0. The summed E-state index contributed by atoms with van der Waals surface area (Å²) in [7, 11) is 0. The fraction of sp³-hybridized carbons (Fsp3) is 0.